The molecule has 0 heterocycles. The molecule has 0 bridgehead atoms. The second-order valence-electron chi connectivity index (χ2n) is 5.57. The van der Waals surface area contributed by atoms with E-state index in [0.717, 1.165) is 31.9 Å². The SMILES string of the molecule is CS(=O)(=O)c1cccc(C(=O)NCC2CCCCC2Cl)c1. The van der Waals surface area contributed by atoms with Crippen LogP contribution in [0.3, 0.4) is 0 Å². The topological polar surface area (TPSA) is 63.2 Å². The van der Waals surface area contributed by atoms with Crippen molar-refractivity contribution in [1.82, 2.24) is 5.32 Å². The Morgan fingerprint density at radius 3 is 2.71 bits per heavy atom. The minimum absolute atomic E-state index is 0.112. The zero-order chi connectivity index (χ0) is 15.5. The number of carbonyl (C=O) groups is 1. The van der Waals surface area contributed by atoms with Crippen molar-refractivity contribution >= 4 is 27.3 Å². The highest BCUT2D eigenvalue weighted by molar-refractivity contribution is 7.90. The lowest BCUT2D eigenvalue weighted by atomic mass is 9.88. The van der Waals surface area contributed by atoms with Gasteiger partial charge in [-0.3, -0.25) is 4.79 Å². The molecule has 0 radical (unpaired) electrons. The molecule has 1 aromatic carbocycles. The standard InChI is InChI=1S/C15H20ClNO3S/c1-21(19,20)13-7-4-6-11(9-13)15(18)17-10-12-5-2-3-8-14(12)16/h4,6-7,9,12,14H,2-3,5,8,10H2,1H3,(H,17,18). The second kappa shape index (κ2) is 6.79. The third-order valence-electron chi connectivity index (χ3n) is 3.87. The summed E-state index contributed by atoms with van der Waals surface area (Å²) in [6.45, 7) is 0.538. The van der Waals surface area contributed by atoms with E-state index in [2.05, 4.69) is 5.32 Å². The number of hydrogen-bond donors (Lipinski definition) is 1. The molecule has 6 heteroatoms. The third kappa shape index (κ3) is 4.45. The second-order valence-corrected chi connectivity index (χ2v) is 8.15. The van der Waals surface area contributed by atoms with Crippen molar-refractivity contribution in [3.63, 3.8) is 0 Å². The quantitative estimate of drug-likeness (QED) is 0.864. The Hall–Kier alpha value is -1.07. The number of alkyl halides is 1. The molecule has 2 unspecified atom stereocenters. The van der Waals surface area contributed by atoms with Gasteiger partial charge >= 0.3 is 0 Å². The highest BCUT2D eigenvalue weighted by Gasteiger charge is 2.23. The van der Waals surface area contributed by atoms with Gasteiger partial charge in [-0.25, -0.2) is 8.42 Å². The molecule has 1 N–H and O–H groups in total. The van der Waals surface area contributed by atoms with Crippen LogP contribution in [0.5, 0.6) is 0 Å². The van der Waals surface area contributed by atoms with Crippen molar-refractivity contribution in [1.29, 1.82) is 0 Å². The first-order valence-electron chi connectivity index (χ1n) is 7.10. The molecule has 2 rings (SSSR count). The van der Waals surface area contributed by atoms with Gasteiger partial charge in [0.15, 0.2) is 9.84 Å². The van der Waals surface area contributed by atoms with Gasteiger partial charge in [0.1, 0.15) is 0 Å². The summed E-state index contributed by atoms with van der Waals surface area (Å²) in [6, 6.07) is 6.09. The first kappa shape index (κ1) is 16.3. The highest BCUT2D eigenvalue weighted by atomic mass is 35.5. The molecular weight excluding hydrogens is 310 g/mol. The van der Waals surface area contributed by atoms with Crippen molar-refractivity contribution in [2.45, 2.75) is 36.0 Å². The lowest BCUT2D eigenvalue weighted by Crippen LogP contribution is -2.34. The summed E-state index contributed by atoms with van der Waals surface area (Å²) in [4.78, 5) is 12.3. The summed E-state index contributed by atoms with van der Waals surface area (Å²) in [5, 5.41) is 2.97. The van der Waals surface area contributed by atoms with E-state index >= 15 is 0 Å². The van der Waals surface area contributed by atoms with Gasteiger partial charge in [0, 0.05) is 23.7 Å². The van der Waals surface area contributed by atoms with Crippen LogP contribution in [-0.2, 0) is 9.84 Å². The maximum atomic E-state index is 12.1. The maximum absolute atomic E-state index is 12.1. The predicted molar refractivity (Wildman–Crippen MR) is 83.5 cm³/mol. The van der Waals surface area contributed by atoms with Crippen LogP contribution in [0.15, 0.2) is 29.2 Å². The van der Waals surface area contributed by atoms with Gasteiger partial charge in [0.25, 0.3) is 5.91 Å². The molecule has 1 aliphatic carbocycles. The van der Waals surface area contributed by atoms with Gasteiger partial charge in [-0.05, 0) is 37.0 Å². The zero-order valence-electron chi connectivity index (χ0n) is 12.0. The van der Waals surface area contributed by atoms with Crippen LogP contribution in [0.2, 0.25) is 0 Å². The number of hydrogen-bond acceptors (Lipinski definition) is 3. The maximum Gasteiger partial charge on any atom is 0.251 e. The number of amides is 1. The van der Waals surface area contributed by atoms with Crippen LogP contribution in [-0.4, -0.2) is 32.5 Å². The molecular formula is C15H20ClNO3S. The average molecular weight is 330 g/mol. The van der Waals surface area contributed by atoms with Crippen LogP contribution in [0.1, 0.15) is 36.0 Å². The predicted octanol–water partition coefficient (Wildman–Crippen LogP) is 2.62. The number of rotatable bonds is 4. The molecule has 2 atom stereocenters. The van der Waals surface area contributed by atoms with Gasteiger partial charge in [-0.1, -0.05) is 18.9 Å². The Morgan fingerprint density at radius 1 is 1.33 bits per heavy atom. The van der Waals surface area contributed by atoms with E-state index in [-0.39, 0.29) is 16.2 Å². The van der Waals surface area contributed by atoms with Crippen LogP contribution in [0, 0.1) is 5.92 Å². The monoisotopic (exact) mass is 329 g/mol. The van der Waals surface area contributed by atoms with Crippen molar-refractivity contribution in [2.75, 3.05) is 12.8 Å². The summed E-state index contributed by atoms with van der Waals surface area (Å²) >= 11 is 6.27. The minimum Gasteiger partial charge on any atom is -0.352 e. The Bertz CT molecular complexity index is 615. The van der Waals surface area contributed by atoms with E-state index in [1.165, 1.54) is 12.1 Å². The van der Waals surface area contributed by atoms with Crippen molar-refractivity contribution < 1.29 is 13.2 Å². The summed E-state index contributed by atoms with van der Waals surface area (Å²) in [5.41, 5.74) is 0.361. The van der Waals surface area contributed by atoms with Gasteiger partial charge < -0.3 is 5.32 Å². The molecule has 0 aromatic heterocycles. The Morgan fingerprint density at radius 2 is 2.05 bits per heavy atom. The van der Waals surface area contributed by atoms with E-state index in [0.29, 0.717) is 18.0 Å². The first-order valence-corrected chi connectivity index (χ1v) is 9.43. The minimum atomic E-state index is -3.30. The molecule has 1 fully saturated rings. The third-order valence-corrected chi connectivity index (χ3v) is 5.55. The molecule has 0 saturated heterocycles. The summed E-state index contributed by atoms with van der Waals surface area (Å²) < 4.78 is 23.0. The Labute approximate surface area is 130 Å². The van der Waals surface area contributed by atoms with Crippen LogP contribution in [0.25, 0.3) is 0 Å². The summed E-state index contributed by atoms with van der Waals surface area (Å²) in [5.74, 6) is 0.0393. The van der Waals surface area contributed by atoms with Crippen molar-refractivity contribution in [3.05, 3.63) is 29.8 Å². The lowest BCUT2D eigenvalue weighted by molar-refractivity contribution is 0.0944. The van der Waals surface area contributed by atoms with Gasteiger partial charge in [-0.2, -0.15) is 0 Å². The van der Waals surface area contributed by atoms with E-state index < -0.39 is 9.84 Å². The number of halogens is 1. The van der Waals surface area contributed by atoms with E-state index in [4.69, 9.17) is 11.6 Å². The van der Waals surface area contributed by atoms with Gasteiger partial charge in [0.2, 0.25) is 0 Å². The molecule has 1 aliphatic rings. The number of sulfone groups is 1. The number of carbonyl (C=O) groups excluding carboxylic acids is 1. The summed E-state index contributed by atoms with van der Waals surface area (Å²) in [7, 11) is -3.30. The molecule has 0 spiro atoms. The van der Waals surface area contributed by atoms with Crippen LogP contribution >= 0.6 is 11.6 Å². The van der Waals surface area contributed by atoms with E-state index in [9.17, 15) is 13.2 Å². The zero-order valence-corrected chi connectivity index (χ0v) is 13.6. The Kier molecular flexibility index (Phi) is 5.27. The first-order chi connectivity index (χ1) is 9.88. The summed E-state index contributed by atoms with van der Waals surface area (Å²) in [6.07, 6.45) is 5.44. The van der Waals surface area contributed by atoms with Crippen molar-refractivity contribution in [3.8, 4) is 0 Å². The van der Waals surface area contributed by atoms with Crippen molar-refractivity contribution in [2.24, 2.45) is 5.92 Å². The van der Waals surface area contributed by atoms with Crippen LogP contribution < -0.4 is 5.32 Å². The fourth-order valence-corrected chi connectivity index (χ4v) is 3.62. The lowest BCUT2D eigenvalue weighted by Gasteiger charge is -2.27. The molecule has 0 aliphatic heterocycles. The smallest absolute Gasteiger partial charge is 0.251 e. The molecule has 21 heavy (non-hydrogen) atoms. The number of benzene rings is 1. The largest absolute Gasteiger partial charge is 0.352 e. The normalized spacial score (nSPS) is 22.8. The Balaban J connectivity index is 2.00. The van der Waals surface area contributed by atoms with Gasteiger partial charge in [-0.15, -0.1) is 11.6 Å². The van der Waals surface area contributed by atoms with E-state index in [1.54, 1.807) is 12.1 Å². The fourth-order valence-electron chi connectivity index (χ4n) is 2.59. The fraction of sp³-hybridized carbons (Fsp3) is 0.533. The molecule has 1 aromatic rings. The molecule has 4 nitrogen and oxygen atoms in total. The van der Waals surface area contributed by atoms with E-state index in [1.807, 2.05) is 0 Å². The molecule has 1 saturated carbocycles. The van der Waals surface area contributed by atoms with Gasteiger partial charge in [0.05, 0.1) is 4.90 Å². The van der Waals surface area contributed by atoms with Crippen LogP contribution in [0.4, 0.5) is 0 Å². The number of nitrogens with one attached hydrogen (secondary N) is 1. The highest BCUT2D eigenvalue weighted by Crippen LogP contribution is 2.28. The molecule has 116 valence electrons. The average Bonchev–Trinajstić information content (AvgIpc) is 2.45. The molecule has 1 amide bonds.